The fourth-order valence-corrected chi connectivity index (χ4v) is 4.74. The van der Waals surface area contributed by atoms with E-state index in [1.165, 1.54) is 4.90 Å². The second-order valence-corrected chi connectivity index (χ2v) is 11.0. The van der Waals surface area contributed by atoms with Crippen molar-refractivity contribution in [1.82, 2.24) is 10.2 Å². The van der Waals surface area contributed by atoms with Gasteiger partial charge < -0.3 is 10.2 Å². The van der Waals surface area contributed by atoms with Gasteiger partial charge in [0.1, 0.15) is 12.6 Å². The first-order chi connectivity index (χ1) is 16.2. The summed E-state index contributed by atoms with van der Waals surface area (Å²) in [7, 11) is -3.73. The zero-order valence-electron chi connectivity index (χ0n) is 20.0. The summed E-state index contributed by atoms with van der Waals surface area (Å²) in [6.45, 7) is 4.37. The second-order valence-electron chi connectivity index (χ2n) is 8.14. The Morgan fingerprint density at radius 2 is 1.68 bits per heavy atom. The van der Waals surface area contributed by atoms with Gasteiger partial charge in [0.25, 0.3) is 0 Å². The summed E-state index contributed by atoms with van der Waals surface area (Å²) in [6.07, 6.45) is 3.86. The van der Waals surface area contributed by atoms with Crippen molar-refractivity contribution < 1.29 is 18.0 Å². The number of sulfonamides is 1. The van der Waals surface area contributed by atoms with E-state index in [2.05, 4.69) is 21.2 Å². The molecule has 1 atom stereocenters. The number of carbonyl (C=O) groups is 2. The zero-order chi connectivity index (χ0) is 25.1. The lowest BCUT2D eigenvalue weighted by molar-refractivity contribution is -0.139. The van der Waals surface area contributed by atoms with Gasteiger partial charge in [-0.1, -0.05) is 66.5 Å². The Labute approximate surface area is 211 Å². The molecule has 9 heteroatoms. The number of nitrogens with one attached hydrogen (secondary N) is 1. The highest BCUT2D eigenvalue weighted by Crippen LogP contribution is 2.21. The molecule has 1 unspecified atom stereocenters. The van der Waals surface area contributed by atoms with Crippen LogP contribution >= 0.6 is 15.9 Å². The van der Waals surface area contributed by atoms with Gasteiger partial charge in [-0.2, -0.15) is 0 Å². The molecule has 0 aliphatic carbocycles. The Balaban J connectivity index is 2.31. The molecule has 1 N–H and O–H groups in total. The van der Waals surface area contributed by atoms with Crippen LogP contribution in [0.3, 0.4) is 0 Å². The summed E-state index contributed by atoms with van der Waals surface area (Å²) in [4.78, 5) is 28.0. The number of unbranched alkanes of at least 4 members (excludes halogenated alkanes) is 1. The summed E-state index contributed by atoms with van der Waals surface area (Å²) in [5.74, 6) is -0.631. The number of hydrogen-bond acceptors (Lipinski definition) is 4. The summed E-state index contributed by atoms with van der Waals surface area (Å²) in [6, 6.07) is 15.8. The van der Waals surface area contributed by atoms with Crippen molar-refractivity contribution in [3.8, 4) is 0 Å². The molecule has 2 rings (SSSR count). The maximum Gasteiger partial charge on any atom is 0.244 e. The minimum Gasteiger partial charge on any atom is -0.354 e. The Morgan fingerprint density at radius 1 is 1.03 bits per heavy atom. The third kappa shape index (κ3) is 8.43. The lowest BCUT2D eigenvalue weighted by Gasteiger charge is -2.33. The number of nitrogens with zero attached hydrogens (tertiary/aromatic N) is 2. The van der Waals surface area contributed by atoms with Gasteiger partial charge in [0.2, 0.25) is 21.8 Å². The van der Waals surface area contributed by atoms with E-state index in [0.29, 0.717) is 31.6 Å². The van der Waals surface area contributed by atoms with Crippen LogP contribution < -0.4 is 9.62 Å². The number of amides is 2. The lowest BCUT2D eigenvalue weighted by Crippen LogP contribution is -2.53. The molecule has 2 aromatic rings. The molecule has 0 fully saturated rings. The van der Waals surface area contributed by atoms with Gasteiger partial charge in [-0.15, -0.1) is 0 Å². The first kappa shape index (κ1) is 27.9. The van der Waals surface area contributed by atoms with Crippen LogP contribution in [0.25, 0.3) is 0 Å². The predicted molar refractivity (Wildman–Crippen MR) is 140 cm³/mol. The van der Waals surface area contributed by atoms with Gasteiger partial charge in [-0.05, 0) is 49.1 Å². The van der Waals surface area contributed by atoms with E-state index in [9.17, 15) is 18.0 Å². The Kier molecular flexibility index (Phi) is 11.0. The number of anilines is 1. The van der Waals surface area contributed by atoms with Crippen molar-refractivity contribution in [1.29, 1.82) is 0 Å². The molecule has 0 aliphatic rings. The number of rotatable bonds is 13. The lowest BCUT2D eigenvalue weighted by atomic mass is 10.1. The minimum absolute atomic E-state index is 0.216. The fourth-order valence-electron chi connectivity index (χ4n) is 3.62. The van der Waals surface area contributed by atoms with Crippen LogP contribution in [0.1, 0.15) is 38.7 Å². The van der Waals surface area contributed by atoms with Crippen molar-refractivity contribution in [2.75, 3.05) is 30.2 Å². The van der Waals surface area contributed by atoms with Crippen LogP contribution in [-0.4, -0.2) is 57.1 Å². The van der Waals surface area contributed by atoms with Gasteiger partial charge in [0, 0.05) is 17.6 Å². The van der Waals surface area contributed by atoms with Crippen LogP contribution in [0.4, 0.5) is 5.69 Å². The average Bonchev–Trinajstić information content (AvgIpc) is 2.80. The van der Waals surface area contributed by atoms with Crippen molar-refractivity contribution in [3.05, 3.63) is 64.6 Å². The Bertz CT molecular complexity index is 1030. The number of carbonyl (C=O) groups excluding carboxylic acids is 2. The summed E-state index contributed by atoms with van der Waals surface area (Å²) in [5.41, 5.74) is 1.43. The van der Waals surface area contributed by atoms with Crippen molar-refractivity contribution in [2.24, 2.45) is 0 Å². The van der Waals surface area contributed by atoms with E-state index in [0.717, 1.165) is 33.4 Å². The van der Waals surface area contributed by atoms with Gasteiger partial charge in [0.15, 0.2) is 0 Å². The molecule has 0 saturated heterocycles. The Hall–Kier alpha value is -2.39. The second kappa shape index (κ2) is 13.5. The SMILES string of the molecule is CCCCNC(=O)C(CC)N(CCc1ccccc1)C(=O)CN(c1ccc(Br)cc1)S(C)(=O)=O. The van der Waals surface area contributed by atoms with Gasteiger partial charge >= 0.3 is 0 Å². The van der Waals surface area contributed by atoms with Crippen LogP contribution in [0.15, 0.2) is 59.1 Å². The monoisotopic (exact) mass is 551 g/mol. The van der Waals surface area contributed by atoms with E-state index in [1.54, 1.807) is 24.3 Å². The highest BCUT2D eigenvalue weighted by Gasteiger charge is 2.31. The van der Waals surface area contributed by atoms with Crippen LogP contribution in [0, 0.1) is 0 Å². The highest BCUT2D eigenvalue weighted by molar-refractivity contribution is 9.10. The quantitative estimate of drug-likeness (QED) is 0.381. The fraction of sp³-hybridized carbons (Fsp3) is 0.440. The normalized spacial score (nSPS) is 12.1. The summed E-state index contributed by atoms with van der Waals surface area (Å²) in [5, 5.41) is 2.92. The highest BCUT2D eigenvalue weighted by atomic mass is 79.9. The first-order valence-corrected chi connectivity index (χ1v) is 14.2. The molecule has 0 radical (unpaired) electrons. The third-order valence-electron chi connectivity index (χ3n) is 5.49. The number of halogens is 1. The zero-order valence-corrected chi connectivity index (χ0v) is 22.4. The topological polar surface area (TPSA) is 86.8 Å². The smallest absolute Gasteiger partial charge is 0.244 e. The van der Waals surface area contributed by atoms with Crippen LogP contribution in [0.2, 0.25) is 0 Å². The Morgan fingerprint density at radius 3 is 2.24 bits per heavy atom. The van der Waals surface area contributed by atoms with Crippen molar-refractivity contribution in [3.63, 3.8) is 0 Å². The molecule has 7 nitrogen and oxygen atoms in total. The molecular formula is C25H34BrN3O4S. The molecule has 0 aromatic heterocycles. The average molecular weight is 553 g/mol. The molecular weight excluding hydrogens is 518 g/mol. The van der Waals surface area contributed by atoms with Crippen molar-refractivity contribution >= 4 is 43.5 Å². The minimum atomic E-state index is -3.73. The molecule has 2 aromatic carbocycles. The molecule has 0 spiro atoms. The molecule has 0 bridgehead atoms. The number of benzene rings is 2. The van der Waals surface area contributed by atoms with Crippen LogP contribution in [0.5, 0.6) is 0 Å². The molecule has 2 amide bonds. The van der Waals surface area contributed by atoms with Crippen LogP contribution in [-0.2, 0) is 26.0 Å². The van der Waals surface area contributed by atoms with E-state index >= 15 is 0 Å². The number of hydrogen-bond donors (Lipinski definition) is 1. The molecule has 0 aliphatic heterocycles. The van der Waals surface area contributed by atoms with Gasteiger partial charge in [0.05, 0.1) is 11.9 Å². The van der Waals surface area contributed by atoms with E-state index in [4.69, 9.17) is 0 Å². The summed E-state index contributed by atoms with van der Waals surface area (Å²) < 4.78 is 27.0. The third-order valence-corrected chi connectivity index (χ3v) is 7.16. The largest absolute Gasteiger partial charge is 0.354 e. The van der Waals surface area contributed by atoms with Gasteiger partial charge in [-0.3, -0.25) is 13.9 Å². The molecule has 34 heavy (non-hydrogen) atoms. The maximum absolute atomic E-state index is 13.5. The van der Waals surface area contributed by atoms with E-state index in [-0.39, 0.29) is 12.5 Å². The molecule has 0 heterocycles. The molecule has 0 saturated carbocycles. The van der Waals surface area contributed by atoms with Crippen molar-refractivity contribution in [2.45, 2.75) is 45.6 Å². The standard InChI is InChI=1S/C25H34BrN3O4S/c1-4-6-17-27-25(31)23(5-2)28(18-16-20-10-8-7-9-11-20)24(30)19-29(34(3,32)33)22-14-12-21(26)13-15-22/h7-15,23H,4-6,16-19H2,1-3H3,(H,27,31). The van der Waals surface area contributed by atoms with Gasteiger partial charge in [-0.25, -0.2) is 8.42 Å². The van der Waals surface area contributed by atoms with E-state index in [1.807, 2.05) is 44.2 Å². The molecule has 186 valence electrons. The van der Waals surface area contributed by atoms with E-state index < -0.39 is 22.0 Å². The summed E-state index contributed by atoms with van der Waals surface area (Å²) >= 11 is 3.34. The first-order valence-electron chi connectivity index (χ1n) is 11.5. The maximum atomic E-state index is 13.5. The predicted octanol–water partition coefficient (Wildman–Crippen LogP) is 3.98.